The Morgan fingerprint density at radius 1 is 1.10 bits per heavy atom. The van der Waals surface area contributed by atoms with Gasteiger partial charge in [0, 0.05) is 29.3 Å². The van der Waals surface area contributed by atoms with Crippen LogP contribution in [0.4, 0.5) is 0 Å². The smallest absolute Gasteiger partial charge is 0.0962 e. The van der Waals surface area contributed by atoms with E-state index in [1.54, 1.807) is 4.88 Å². The highest BCUT2D eigenvalue weighted by Gasteiger charge is 2.32. The number of aromatic nitrogens is 1. The number of thiazole rings is 1. The summed E-state index contributed by atoms with van der Waals surface area (Å²) in [4.78, 5) is 6.71. The van der Waals surface area contributed by atoms with Crippen molar-refractivity contribution in [1.82, 2.24) is 10.3 Å². The highest BCUT2D eigenvalue weighted by molar-refractivity contribution is 7.11. The monoisotopic (exact) mass is 304 g/mol. The first-order valence-corrected chi connectivity index (χ1v) is 9.88. The summed E-state index contributed by atoms with van der Waals surface area (Å²) in [5, 5.41) is 5.18. The normalized spacial score (nSPS) is 29.8. The van der Waals surface area contributed by atoms with Crippen LogP contribution in [0.2, 0.25) is 0 Å². The number of hydrogen-bond donors (Lipinski definition) is 1. The van der Waals surface area contributed by atoms with Gasteiger partial charge >= 0.3 is 0 Å². The van der Waals surface area contributed by atoms with E-state index >= 15 is 0 Å². The average Bonchev–Trinajstić information content (AvgIpc) is 3.44. The van der Waals surface area contributed by atoms with Crippen molar-refractivity contribution in [3.8, 4) is 0 Å². The molecule has 2 unspecified atom stereocenters. The van der Waals surface area contributed by atoms with Crippen molar-refractivity contribution in [1.29, 1.82) is 0 Å². The maximum atomic E-state index is 5.14. The van der Waals surface area contributed by atoms with Crippen molar-refractivity contribution in [2.24, 2.45) is 5.92 Å². The summed E-state index contributed by atoms with van der Waals surface area (Å²) in [6.07, 6.45) is 12.5. The number of nitrogens with zero attached hydrogens (tertiary/aromatic N) is 1. The molecular formula is C18H28N2S. The maximum absolute atomic E-state index is 5.14. The Hall–Kier alpha value is -0.410. The number of nitrogens with one attached hydrogen (secondary N) is 1. The summed E-state index contributed by atoms with van der Waals surface area (Å²) < 4.78 is 0. The van der Waals surface area contributed by atoms with Gasteiger partial charge in [-0.3, -0.25) is 0 Å². The summed E-state index contributed by atoms with van der Waals surface area (Å²) in [6, 6.07) is 0.807. The van der Waals surface area contributed by atoms with E-state index in [9.17, 15) is 0 Å². The molecule has 0 spiro atoms. The molecule has 1 aromatic heterocycles. The molecular weight excluding hydrogens is 276 g/mol. The summed E-state index contributed by atoms with van der Waals surface area (Å²) in [5.74, 6) is 2.52. The van der Waals surface area contributed by atoms with Crippen molar-refractivity contribution in [3.05, 3.63) is 15.6 Å². The second-order valence-corrected chi connectivity index (χ2v) is 8.54. The zero-order valence-corrected chi connectivity index (χ0v) is 14.1. The predicted octanol–water partition coefficient (Wildman–Crippen LogP) is 4.96. The van der Waals surface area contributed by atoms with Crippen LogP contribution in [0.15, 0.2) is 0 Å². The van der Waals surface area contributed by atoms with Crippen LogP contribution < -0.4 is 5.32 Å². The van der Waals surface area contributed by atoms with Crippen LogP contribution in [0.5, 0.6) is 0 Å². The lowest BCUT2D eigenvalue weighted by Crippen LogP contribution is -2.15. The Morgan fingerprint density at radius 3 is 2.67 bits per heavy atom. The van der Waals surface area contributed by atoms with Crippen LogP contribution in [0.3, 0.4) is 0 Å². The molecule has 3 aliphatic carbocycles. The van der Waals surface area contributed by atoms with Gasteiger partial charge in [0.05, 0.1) is 10.7 Å². The van der Waals surface area contributed by atoms with Gasteiger partial charge in [-0.05, 0) is 44.4 Å². The number of rotatable bonds is 6. The minimum Gasteiger partial charge on any atom is -0.309 e. The molecule has 3 heteroatoms. The topological polar surface area (TPSA) is 24.9 Å². The third-order valence-corrected chi connectivity index (χ3v) is 6.78. The molecule has 21 heavy (non-hydrogen) atoms. The fraction of sp³-hybridized carbons (Fsp3) is 0.833. The van der Waals surface area contributed by atoms with Gasteiger partial charge in [0.15, 0.2) is 0 Å². The molecule has 0 radical (unpaired) electrons. The van der Waals surface area contributed by atoms with E-state index in [1.165, 1.54) is 68.5 Å². The highest BCUT2D eigenvalue weighted by atomic mass is 32.1. The van der Waals surface area contributed by atoms with E-state index < -0.39 is 0 Å². The fourth-order valence-electron chi connectivity index (χ4n) is 3.77. The van der Waals surface area contributed by atoms with Gasteiger partial charge in [-0.1, -0.05) is 26.2 Å². The first kappa shape index (κ1) is 14.2. The van der Waals surface area contributed by atoms with Gasteiger partial charge in [0.1, 0.15) is 0 Å². The molecule has 3 fully saturated rings. The van der Waals surface area contributed by atoms with E-state index in [4.69, 9.17) is 4.98 Å². The molecule has 116 valence electrons. The molecule has 0 amide bonds. The van der Waals surface area contributed by atoms with Crippen LogP contribution in [-0.4, -0.2) is 11.0 Å². The van der Waals surface area contributed by atoms with Gasteiger partial charge in [0.25, 0.3) is 0 Å². The molecule has 1 N–H and O–H groups in total. The van der Waals surface area contributed by atoms with Crippen molar-refractivity contribution in [3.63, 3.8) is 0 Å². The molecule has 4 rings (SSSR count). The zero-order chi connectivity index (χ0) is 14.2. The molecule has 0 aromatic carbocycles. The summed E-state index contributed by atoms with van der Waals surface area (Å²) in [5.41, 5.74) is 1.47. The molecule has 0 aliphatic heterocycles. The predicted molar refractivity (Wildman–Crippen MR) is 88.9 cm³/mol. The van der Waals surface area contributed by atoms with Crippen molar-refractivity contribution in [2.75, 3.05) is 0 Å². The summed E-state index contributed by atoms with van der Waals surface area (Å²) in [6.45, 7) is 3.44. The van der Waals surface area contributed by atoms with E-state index in [-0.39, 0.29) is 0 Å². The molecule has 3 saturated carbocycles. The summed E-state index contributed by atoms with van der Waals surface area (Å²) >= 11 is 2.04. The van der Waals surface area contributed by atoms with Crippen LogP contribution >= 0.6 is 11.3 Å². The Labute approximate surface area is 132 Å². The molecule has 3 aliphatic rings. The van der Waals surface area contributed by atoms with Crippen LogP contribution in [-0.2, 0) is 6.54 Å². The van der Waals surface area contributed by atoms with Crippen LogP contribution in [0.25, 0.3) is 0 Å². The lowest BCUT2D eigenvalue weighted by Gasteiger charge is -2.26. The van der Waals surface area contributed by atoms with Crippen LogP contribution in [0.1, 0.15) is 92.1 Å². The van der Waals surface area contributed by atoms with Gasteiger partial charge in [-0.2, -0.15) is 0 Å². The Morgan fingerprint density at radius 2 is 1.95 bits per heavy atom. The van der Waals surface area contributed by atoms with Crippen molar-refractivity contribution < 1.29 is 0 Å². The molecule has 0 bridgehead atoms. The lowest BCUT2D eigenvalue weighted by molar-refractivity contribution is 0.314. The van der Waals surface area contributed by atoms with E-state index in [0.29, 0.717) is 0 Å². The first-order valence-electron chi connectivity index (χ1n) is 9.06. The van der Waals surface area contributed by atoms with Gasteiger partial charge in [-0.15, -0.1) is 11.3 Å². The fourth-order valence-corrected chi connectivity index (χ4v) is 5.02. The maximum Gasteiger partial charge on any atom is 0.0962 e. The average molecular weight is 305 g/mol. The van der Waals surface area contributed by atoms with Gasteiger partial charge < -0.3 is 5.32 Å². The van der Waals surface area contributed by atoms with Crippen molar-refractivity contribution in [2.45, 2.75) is 89.1 Å². The Kier molecular flexibility index (Phi) is 4.06. The SMILES string of the molecule is CCC1CCCC(c2nc(C3CC3)c(CNC3CC3)s2)C1. The standard InChI is InChI=1S/C18H28N2S/c1-2-12-4-3-5-14(10-12)18-20-17(13-6-7-13)16(21-18)11-19-15-8-9-15/h12-15,19H,2-11H2,1H3. The Bertz CT molecular complexity index is 487. The van der Waals surface area contributed by atoms with Crippen molar-refractivity contribution >= 4 is 11.3 Å². The minimum absolute atomic E-state index is 0.765. The quantitative estimate of drug-likeness (QED) is 0.803. The van der Waals surface area contributed by atoms with Gasteiger partial charge in [-0.25, -0.2) is 4.98 Å². The van der Waals surface area contributed by atoms with E-state index in [1.807, 2.05) is 11.3 Å². The molecule has 2 nitrogen and oxygen atoms in total. The van der Waals surface area contributed by atoms with E-state index in [0.717, 1.165) is 30.3 Å². The lowest BCUT2D eigenvalue weighted by atomic mass is 9.80. The second-order valence-electron chi connectivity index (χ2n) is 7.43. The second kappa shape index (κ2) is 6.00. The molecule has 1 heterocycles. The highest BCUT2D eigenvalue weighted by Crippen LogP contribution is 2.46. The third kappa shape index (κ3) is 3.34. The summed E-state index contributed by atoms with van der Waals surface area (Å²) in [7, 11) is 0. The largest absolute Gasteiger partial charge is 0.309 e. The third-order valence-electron chi connectivity index (χ3n) is 5.55. The molecule has 1 aromatic rings. The van der Waals surface area contributed by atoms with E-state index in [2.05, 4.69) is 12.2 Å². The molecule has 0 saturated heterocycles. The number of hydrogen-bond acceptors (Lipinski definition) is 3. The molecule has 2 atom stereocenters. The minimum atomic E-state index is 0.765. The van der Waals surface area contributed by atoms with Gasteiger partial charge in [0.2, 0.25) is 0 Å². The first-order chi connectivity index (χ1) is 10.3. The van der Waals surface area contributed by atoms with Crippen LogP contribution in [0, 0.1) is 5.92 Å². The zero-order valence-electron chi connectivity index (χ0n) is 13.2. The Balaban J connectivity index is 1.49.